The van der Waals surface area contributed by atoms with Gasteiger partial charge in [0.1, 0.15) is 18.0 Å². The van der Waals surface area contributed by atoms with E-state index in [2.05, 4.69) is 64.4 Å². The SMILES string of the molecule is [C-]#[N+]C[C@H]1CN(c2nc(O[C@@H](C)CN(C)CC3CC3)nc3c2CCN(c2cccc4cccc(Cl)c24)C3)CCN1C(=O)C=C. The lowest BCUT2D eigenvalue weighted by molar-refractivity contribution is -0.128. The summed E-state index contributed by atoms with van der Waals surface area (Å²) in [5.41, 5.74) is 3.12. The number of halogens is 1. The highest BCUT2D eigenvalue weighted by Crippen LogP contribution is 2.37. The predicted molar refractivity (Wildman–Crippen MR) is 175 cm³/mol. The van der Waals surface area contributed by atoms with Gasteiger partial charge in [-0.05, 0) is 62.7 Å². The van der Waals surface area contributed by atoms with Crippen LogP contribution in [0, 0.1) is 12.5 Å². The second kappa shape index (κ2) is 13.0. The van der Waals surface area contributed by atoms with Gasteiger partial charge in [-0.2, -0.15) is 9.97 Å². The topological polar surface area (TPSA) is 69.4 Å². The van der Waals surface area contributed by atoms with E-state index in [9.17, 15) is 4.79 Å². The average Bonchev–Trinajstić information content (AvgIpc) is 3.83. The summed E-state index contributed by atoms with van der Waals surface area (Å²) in [4.78, 5) is 34.9. The monoisotopic (exact) mass is 613 g/mol. The van der Waals surface area contributed by atoms with Crippen LogP contribution in [0.25, 0.3) is 15.6 Å². The maximum absolute atomic E-state index is 12.6. The lowest BCUT2D eigenvalue weighted by Crippen LogP contribution is -2.56. The highest BCUT2D eigenvalue weighted by Gasteiger charge is 2.35. The zero-order chi connectivity index (χ0) is 30.8. The third-order valence-electron chi connectivity index (χ3n) is 8.88. The molecule has 9 nitrogen and oxygen atoms in total. The number of hydrogen-bond acceptors (Lipinski definition) is 7. The maximum atomic E-state index is 12.6. The molecule has 2 aromatic carbocycles. The number of benzene rings is 2. The van der Waals surface area contributed by atoms with Crippen molar-refractivity contribution < 1.29 is 9.53 Å². The van der Waals surface area contributed by atoms with E-state index < -0.39 is 0 Å². The molecule has 1 saturated heterocycles. The molecule has 10 heteroatoms. The van der Waals surface area contributed by atoms with Gasteiger partial charge in [0.2, 0.25) is 12.5 Å². The van der Waals surface area contributed by atoms with E-state index >= 15 is 0 Å². The Labute approximate surface area is 264 Å². The van der Waals surface area contributed by atoms with Gasteiger partial charge in [0.25, 0.3) is 0 Å². The fourth-order valence-corrected chi connectivity index (χ4v) is 6.92. The van der Waals surface area contributed by atoms with E-state index in [1.165, 1.54) is 18.9 Å². The number of carbonyl (C=O) groups is 1. The fourth-order valence-electron chi connectivity index (χ4n) is 6.64. The minimum absolute atomic E-state index is 0.0851. The number of amides is 1. The summed E-state index contributed by atoms with van der Waals surface area (Å²) < 4.78 is 6.41. The normalized spacial score (nSPS) is 19.1. The summed E-state index contributed by atoms with van der Waals surface area (Å²) in [6, 6.07) is 12.4. The van der Waals surface area contributed by atoms with Crippen LogP contribution in [0.4, 0.5) is 11.5 Å². The molecule has 0 spiro atoms. The third-order valence-corrected chi connectivity index (χ3v) is 9.19. The van der Waals surface area contributed by atoms with Gasteiger partial charge in [-0.1, -0.05) is 42.4 Å². The Hall–Kier alpha value is -3.87. The lowest BCUT2D eigenvalue weighted by Gasteiger charge is -2.41. The maximum Gasteiger partial charge on any atom is 0.318 e. The number of rotatable bonds is 10. The Bertz CT molecular complexity index is 1580. The van der Waals surface area contributed by atoms with Crippen molar-refractivity contribution >= 4 is 39.8 Å². The number of piperazine rings is 1. The summed E-state index contributed by atoms with van der Waals surface area (Å²) >= 11 is 6.71. The smallest absolute Gasteiger partial charge is 0.318 e. The molecule has 2 fully saturated rings. The quantitative estimate of drug-likeness (QED) is 0.233. The number of hydrogen-bond donors (Lipinski definition) is 0. The molecule has 3 aromatic rings. The first kappa shape index (κ1) is 30.2. The highest BCUT2D eigenvalue weighted by atomic mass is 35.5. The number of nitrogens with zero attached hydrogens (tertiary/aromatic N) is 7. The summed E-state index contributed by atoms with van der Waals surface area (Å²) in [6.07, 6.45) is 4.63. The van der Waals surface area contributed by atoms with Gasteiger partial charge in [-0.3, -0.25) is 4.79 Å². The summed E-state index contributed by atoms with van der Waals surface area (Å²) in [7, 11) is 2.14. The molecule has 3 aliphatic rings. The number of carbonyl (C=O) groups excluding carboxylic acids is 1. The molecule has 0 radical (unpaired) electrons. The van der Waals surface area contributed by atoms with Crippen LogP contribution in [0.3, 0.4) is 0 Å². The second-order valence-electron chi connectivity index (χ2n) is 12.3. The van der Waals surface area contributed by atoms with E-state index in [-0.39, 0.29) is 24.6 Å². The van der Waals surface area contributed by atoms with E-state index in [0.29, 0.717) is 32.2 Å². The molecule has 0 N–H and O–H groups in total. The summed E-state index contributed by atoms with van der Waals surface area (Å²) in [5, 5.41) is 2.89. The van der Waals surface area contributed by atoms with Crippen molar-refractivity contribution in [2.24, 2.45) is 5.92 Å². The molecule has 0 bridgehead atoms. The van der Waals surface area contributed by atoms with E-state index in [1.54, 1.807) is 4.90 Å². The van der Waals surface area contributed by atoms with Crippen molar-refractivity contribution in [2.75, 3.05) is 62.7 Å². The fraction of sp³-hybridized carbons (Fsp3) is 0.471. The molecule has 1 saturated carbocycles. The molecule has 44 heavy (non-hydrogen) atoms. The molecule has 1 amide bonds. The predicted octanol–water partition coefficient (Wildman–Crippen LogP) is 5.08. The van der Waals surface area contributed by atoms with Crippen molar-refractivity contribution in [3.63, 3.8) is 0 Å². The Morgan fingerprint density at radius 3 is 2.75 bits per heavy atom. The Morgan fingerprint density at radius 1 is 1.20 bits per heavy atom. The molecule has 1 aliphatic carbocycles. The minimum Gasteiger partial charge on any atom is -0.459 e. The van der Waals surface area contributed by atoms with Crippen LogP contribution in [0.15, 0.2) is 49.1 Å². The molecule has 1 aromatic heterocycles. The average molecular weight is 614 g/mol. The van der Waals surface area contributed by atoms with Crippen LogP contribution < -0.4 is 14.5 Å². The van der Waals surface area contributed by atoms with Crippen molar-refractivity contribution in [2.45, 2.75) is 44.9 Å². The molecule has 2 aliphatic heterocycles. The lowest BCUT2D eigenvalue weighted by atomic mass is 10.0. The highest BCUT2D eigenvalue weighted by molar-refractivity contribution is 6.36. The Balaban J connectivity index is 1.32. The Kier molecular flexibility index (Phi) is 8.92. The largest absolute Gasteiger partial charge is 0.459 e. The standard InChI is InChI=1S/C34H40ClN7O2/c1-5-31(43)42-17-16-41(21-26(42)18-36-3)33-27-14-15-40(30-11-7-9-25-8-6-10-28(35)32(25)30)22-29(27)37-34(38-33)44-23(2)19-39(4)20-24-12-13-24/h5-11,23-24,26H,1,12-22H2,2,4H3/t23-,26-/m0/s1. The van der Waals surface area contributed by atoms with Crippen molar-refractivity contribution in [1.29, 1.82) is 0 Å². The van der Waals surface area contributed by atoms with Gasteiger partial charge in [0.05, 0.1) is 17.3 Å². The van der Waals surface area contributed by atoms with Crippen LogP contribution >= 0.6 is 11.6 Å². The first-order valence-corrected chi connectivity index (χ1v) is 15.9. The van der Waals surface area contributed by atoms with Crippen LogP contribution in [0.2, 0.25) is 5.02 Å². The first-order valence-electron chi connectivity index (χ1n) is 15.5. The molecule has 230 valence electrons. The number of likely N-dealkylation sites (N-methyl/N-ethyl adjacent to an activating group) is 1. The van der Waals surface area contributed by atoms with E-state index in [1.807, 2.05) is 12.1 Å². The molecule has 6 rings (SSSR count). The number of fused-ring (bicyclic) bond motifs is 2. The number of anilines is 2. The zero-order valence-corrected chi connectivity index (χ0v) is 26.3. The van der Waals surface area contributed by atoms with Crippen molar-refractivity contribution in [3.8, 4) is 6.01 Å². The molecular weight excluding hydrogens is 574 g/mol. The van der Waals surface area contributed by atoms with E-state index in [4.69, 9.17) is 32.9 Å². The van der Waals surface area contributed by atoms with E-state index in [0.717, 1.165) is 70.5 Å². The molecule has 0 unspecified atom stereocenters. The minimum atomic E-state index is -0.241. The van der Waals surface area contributed by atoms with Gasteiger partial charge in [0.15, 0.2) is 0 Å². The zero-order valence-electron chi connectivity index (χ0n) is 25.6. The summed E-state index contributed by atoms with van der Waals surface area (Å²) in [5.74, 6) is 1.52. The third kappa shape index (κ3) is 6.47. The number of ether oxygens (including phenoxy) is 1. The number of aromatic nitrogens is 2. The van der Waals surface area contributed by atoms with Gasteiger partial charge < -0.3 is 29.2 Å². The Morgan fingerprint density at radius 2 is 2.00 bits per heavy atom. The van der Waals surface area contributed by atoms with Crippen LogP contribution in [-0.4, -0.2) is 90.7 Å². The molecule has 2 atom stereocenters. The van der Waals surface area contributed by atoms with Crippen molar-refractivity contribution in [1.82, 2.24) is 19.8 Å². The van der Waals surface area contributed by atoms with Gasteiger partial charge >= 0.3 is 6.01 Å². The van der Waals surface area contributed by atoms with Crippen LogP contribution in [0.1, 0.15) is 31.0 Å². The summed E-state index contributed by atoms with van der Waals surface area (Å²) in [6.45, 7) is 18.4. The van der Waals surface area contributed by atoms with Gasteiger partial charge in [-0.25, -0.2) is 6.57 Å². The van der Waals surface area contributed by atoms with Crippen LogP contribution in [-0.2, 0) is 17.8 Å². The van der Waals surface area contributed by atoms with Gasteiger partial charge in [-0.15, -0.1) is 0 Å². The van der Waals surface area contributed by atoms with Crippen LogP contribution in [0.5, 0.6) is 6.01 Å². The molecule has 3 heterocycles. The second-order valence-corrected chi connectivity index (χ2v) is 12.7. The van der Waals surface area contributed by atoms with Gasteiger partial charge in [0, 0.05) is 55.9 Å². The van der Waals surface area contributed by atoms with Crippen molar-refractivity contribution in [3.05, 3.63) is 76.8 Å². The first-order chi connectivity index (χ1) is 21.3. The molecular formula is C34H40ClN7O2.